The number of anilines is 1. The molecule has 1 aromatic heterocycles. The lowest BCUT2D eigenvalue weighted by Gasteiger charge is -2.14. The van der Waals surface area contributed by atoms with Crippen molar-refractivity contribution in [3.05, 3.63) is 81.7 Å². The molecule has 0 spiro atoms. The molecule has 36 heavy (non-hydrogen) atoms. The van der Waals surface area contributed by atoms with Gasteiger partial charge in [-0.05, 0) is 42.2 Å². The second-order valence-electron chi connectivity index (χ2n) is 8.26. The number of aromatic nitrogens is 1. The summed E-state index contributed by atoms with van der Waals surface area (Å²) in [6.45, 7) is 0.557. The van der Waals surface area contributed by atoms with Crippen molar-refractivity contribution in [1.82, 2.24) is 9.88 Å². The van der Waals surface area contributed by atoms with Crippen LogP contribution in [0, 0.1) is 0 Å². The molecule has 0 bridgehead atoms. The summed E-state index contributed by atoms with van der Waals surface area (Å²) in [5.41, 5.74) is 2.14. The first-order valence-corrected chi connectivity index (χ1v) is 13.7. The normalized spacial score (nSPS) is 14.5. The van der Waals surface area contributed by atoms with Gasteiger partial charge in [0.15, 0.2) is 5.13 Å². The molecule has 0 radical (unpaired) electrons. The number of benzene rings is 2. The number of carbonyl (C=O) groups excluding carboxylic acids is 2. The molecular formula is C27H27N3O3S3. The molecule has 1 fully saturated rings. The number of ether oxygens (including phenoxy) is 1. The van der Waals surface area contributed by atoms with Crippen LogP contribution in [0.25, 0.3) is 6.08 Å². The van der Waals surface area contributed by atoms with Gasteiger partial charge in [0, 0.05) is 30.5 Å². The monoisotopic (exact) mass is 537 g/mol. The Labute approximate surface area is 224 Å². The Bertz CT molecular complexity index is 1240. The van der Waals surface area contributed by atoms with Crippen LogP contribution in [-0.2, 0) is 16.0 Å². The van der Waals surface area contributed by atoms with Gasteiger partial charge < -0.3 is 10.1 Å². The Balaban J connectivity index is 1.16. The van der Waals surface area contributed by atoms with Gasteiger partial charge in [0.25, 0.3) is 5.91 Å². The van der Waals surface area contributed by atoms with Gasteiger partial charge in [-0.3, -0.25) is 14.5 Å². The second-order valence-corrected chi connectivity index (χ2v) is 11.1. The van der Waals surface area contributed by atoms with Crippen molar-refractivity contribution >= 4 is 62.7 Å². The number of hydrogen-bond acceptors (Lipinski definition) is 7. The Morgan fingerprint density at radius 3 is 2.64 bits per heavy atom. The lowest BCUT2D eigenvalue weighted by Crippen LogP contribution is -2.29. The molecular weight excluding hydrogens is 511 g/mol. The molecule has 9 heteroatoms. The third-order valence-electron chi connectivity index (χ3n) is 5.59. The largest absolute Gasteiger partial charge is 0.497 e. The number of nitrogens with one attached hydrogen (secondary N) is 1. The van der Waals surface area contributed by atoms with Gasteiger partial charge in [-0.2, -0.15) is 0 Å². The van der Waals surface area contributed by atoms with E-state index in [4.69, 9.17) is 17.0 Å². The van der Waals surface area contributed by atoms with Crippen LogP contribution < -0.4 is 10.1 Å². The lowest BCUT2D eigenvalue weighted by atomic mass is 10.1. The van der Waals surface area contributed by atoms with Crippen LogP contribution >= 0.6 is 35.3 Å². The molecule has 2 heterocycles. The van der Waals surface area contributed by atoms with E-state index in [-0.39, 0.29) is 11.8 Å². The number of rotatable bonds is 11. The maximum Gasteiger partial charge on any atom is 0.266 e. The molecule has 2 amide bonds. The van der Waals surface area contributed by atoms with E-state index in [9.17, 15) is 9.59 Å². The minimum Gasteiger partial charge on any atom is -0.497 e. The predicted molar refractivity (Wildman–Crippen MR) is 151 cm³/mol. The third-order valence-corrected chi connectivity index (χ3v) is 7.88. The molecule has 1 aliphatic heterocycles. The highest BCUT2D eigenvalue weighted by atomic mass is 32.2. The Morgan fingerprint density at radius 2 is 1.89 bits per heavy atom. The number of methoxy groups -OCH3 is 1. The summed E-state index contributed by atoms with van der Waals surface area (Å²) in [4.78, 5) is 32.8. The van der Waals surface area contributed by atoms with Crippen molar-refractivity contribution in [3.63, 3.8) is 0 Å². The molecule has 2 aromatic carbocycles. The average Bonchev–Trinajstić information content (AvgIpc) is 3.43. The summed E-state index contributed by atoms with van der Waals surface area (Å²) >= 11 is 8.25. The zero-order valence-corrected chi connectivity index (χ0v) is 22.4. The Hall–Kier alpha value is -3.01. The quantitative estimate of drug-likeness (QED) is 0.180. The molecule has 4 rings (SSSR count). The van der Waals surface area contributed by atoms with Crippen molar-refractivity contribution in [3.8, 4) is 5.75 Å². The Kier molecular flexibility index (Phi) is 9.27. The zero-order valence-electron chi connectivity index (χ0n) is 19.9. The number of thiocarbonyl (C=S) groups is 1. The number of hydrogen-bond donors (Lipinski definition) is 1. The first-order valence-electron chi connectivity index (χ1n) is 11.7. The Morgan fingerprint density at radius 1 is 1.11 bits per heavy atom. The third kappa shape index (κ3) is 7.25. The highest BCUT2D eigenvalue weighted by Gasteiger charge is 2.31. The predicted octanol–water partition coefficient (Wildman–Crippen LogP) is 6.14. The molecule has 186 valence electrons. The number of carbonyl (C=O) groups is 2. The van der Waals surface area contributed by atoms with E-state index in [0.717, 1.165) is 41.9 Å². The molecule has 1 N–H and O–H groups in total. The van der Waals surface area contributed by atoms with Crippen LogP contribution in [-0.4, -0.2) is 39.7 Å². The zero-order chi connectivity index (χ0) is 25.3. The smallest absolute Gasteiger partial charge is 0.266 e. The van der Waals surface area contributed by atoms with Gasteiger partial charge in [-0.1, -0.05) is 72.9 Å². The molecule has 0 aliphatic carbocycles. The summed E-state index contributed by atoms with van der Waals surface area (Å²) < 4.78 is 5.75. The van der Waals surface area contributed by atoms with E-state index in [1.807, 2.05) is 54.7 Å². The van der Waals surface area contributed by atoms with E-state index in [2.05, 4.69) is 22.4 Å². The van der Waals surface area contributed by atoms with Gasteiger partial charge in [0.2, 0.25) is 5.91 Å². The van der Waals surface area contributed by atoms with Crippen LogP contribution in [0.5, 0.6) is 5.75 Å². The molecule has 6 nitrogen and oxygen atoms in total. The minimum absolute atomic E-state index is 0.0383. The SMILES string of the molecule is COc1ccc(C=C2SC(=S)N(CCCCCC(=O)Nc3ncc(Cc4ccccc4)s3)C2=O)cc1. The maximum absolute atomic E-state index is 12.8. The molecule has 1 aliphatic rings. The first kappa shape index (κ1) is 26.1. The molecule has 0 unspecified atom stereocenters. The average molecular weight is 538 g/mol. The summed E-state index contributed by atoms with van der Waals surface area (Å²) in [5.74, 6) is 0.671. The van der Waals surface area contributed by atoms with Crippen LogP contribution in [0.2, 0.25) is 0 Å². The maximum atomic E-state index is 12.8. The van der Waals surface area contributed by atoms with Crippen LogP contribution in [0.3, 0.4) is 0 Å². The number of thioether (sulfide) groups is 1. The number of amides is 2. The van der Waals surface area contributed by atoms with Gasteiger partial charge in [0.05, 0.1) is 12.0 Å². The minimum atomic E-state index is -0.0614. The molecule has 1 saturated heterocycles. The number of nitrogens with zero attached hydrogens (tertiary/aromatic N) is 2. The van der Waals surface area contributed by atoms with Crippen molar-refractivity contribution in [2.45, 2.75) is 32.1 Å². The van der Waals surface area contributed by atoms with Crippen LogP contribution in [0.1, 0.15) is 41.7 Å². The van der Waals surface area contributed by atoms with Crippen molar-refractivity contribution in [2.75, 3.05) is 19.0 Å². The highest BCUT2D eigenvalue weighted by molar-refractivity contribution is 8.26. The van der Waals surface area contributed by atoms with Gasteiger partial charge in [-0.15, -0.1) is 11.3 Å². The number of thiazole rings is 1. The van der Waals surface area contributed by atoms with Crippen molar-refractivity contribution in [2.24, 2.45) is 0 Å². The van der Waals surface area contributed by atoms with Gasteiger partial charge in [-0.25, -0.2) is 4.98 Å². The van der Waals surface area contributed by atoms with Crippen LogP contribution in [0.15, 0.2) is 65.7 Å². The molecule has 0 atom stereocenters. The van der Waals surface area contributed by atoms with Crippen LogP contribution in [0.4, 0.5) is 5.13 Å². The van der Waals surface area contributed by atoms with E-state index < -0.39 is 0 Å². The topological polar surface area (TPSA) is 71.5 Å². The van der Waals surface area contributed by atoms with E-state index >= 15 is 0 Å². The fourth-order valence-electron chi connectivity index (χ4n) is 3.70. The fraction of sp³-hybridized carbons (Fsp3) is 0.259. The summed E-state index contributed by atoms with van der Waals surface area (Å²) in [5, 5.41) is 3.53. The summed E-state index contributed by atoms with van der Waals surface area (Å²) in [6, 6.07) is 17.7. The summed E-state index contributed by atoms with van der Waals surface area (Å²) in [6.07, 6.45) is 7.26. The highest BCUT2D eigenvalue weighted by Crippen LogP contribution is 2.33. The standard InChI is InChI=1S/C27H27N3O3S3/c1-33-21-13-11-20(12-14-21)17-23-25(32)30(27(34)36-23)15-7-3-6-10-24(31)29-26-28-18-22(35-26)16-19-8-4-2-5-9-19/h2,4-5,8-9,11-14,17-18H,3,6-7,10,15-16H2,1H3,(H,28,29,31). The van der Waals surface area contributed by atoms with Gasteiger partial charge >= 0.3 is 0 Å². The molecule has 3 aromatic rings. The van der Waals surface area contributed by atoms with E-state index in [0.29, 0.717) is 27.3 Å². The van der Waals surface area contributed by atoms with E-state index in [1.165, 1.54) is 28.7 Å². The van der Waals surface area contributed by atoms with Crippen molar-refractivity contribution < 1.29 is 14.3 Å². The molecule has 0 saturated carbocycles. The van der Waals surface area contributed by atoms with E-state index in [1.54, 1.807) is 12.0 Å². The summed E-state index contributed by atoms with van der Waals surface area (Å²) in [7, 11) is 1.62. The fourth-order valence-corrected chi connectivity index (χ4v) is 5.87. The van der Waals surface area contributed by atoms with Gasteiger partial charge in [0.1, 0.15) is 10.1 Å². The second kappa shape index (κ2) is 12.8. The first-order chi connectivity index (χ1) is 17.5. The lowest BCUT2D eigenvalue weighted by molar-refractivity contribution is -0.122. The van der Waals surface area contributed by atoms with Crippen molar-refractivity contribution in [1.29, 1.82) is 0 Å². The number of unbranched alkanes of at least 4 members (excludes halogenated alkanes) is 2.